The highest BCUT2D eigenvalue weighted by molar-refractivity contribution is 5.97. The fraction of sp³-hybridized carbons (Fsp3) is 0.0625. The summed E-state index contributed by atoms with van der Waals surface area (Å²) in [7, 11) is 0. The number of nitrogens with zero attached hydrogens (tertiary/aromatic N) is 1. The zero-order valence-corrected chi connectivity index (χ0v) is 36.5. The van der Waals surface area contributed by atoms with Crippen molar-refractivity contribution in [3.05, 3.63) is 270 Å². The van der Waals surface area contributed by atoms with Crippen molar-refractivity contribution in [3.63, 3.8) is 0 Å². The lowest BCUT2D eigenvalue weighted by Crippen LogP contribution is -2.26. The van der Waals surface area contributed by atoms with E-state index in [0.717, 1.165) is 17.1 Å². The molecule has 0 bridgehead atoms. The van der Waals surface area contributed by atoms with Crippen molar-refractivity contribution in [2.75, 3.05) is 4.90 Å². The molecule has 306 valence electrons. The summed E-state index contributed by atoms with van der Waals surface area (Å²) < 4.78 is 0. The van der Waals surface area contributed by atoms with Crippen LogP contribution in [0.5, 0.6) is 0 Å². The second-order valence-electron chi connectivity index (χ2n) is 18.4. The van der Waals surface area contributed by atoms with Gasteiger partial charge in [-0.15, -0.1) is 0 Å². The Kier molecular flexibility index (Phi) is 8.24. The SMILES string of the molecule is CC1(C)c2ccccc2-c2ccc(N(c3ccc(-c4cccc(-c5ccc(-c6ccccc6)cc5)c4)cc3)c3ccc4c(c3)C3(c5ccccc5-c5ccccc53)c3ccccc3-4)cc21. The Morgan fingerprint density at radius 2 is 0.600 bits per heavy atom. The molecule has 0 aliphatic heterocycles. The van der Waals surface area contributed by atoms with E-state index in [1.165, 1.54) is 100 Å². The van der Waals surface area contributed by atoms with Gasteiger partial charge in [0.1, 0.15) is 0 Å². The molecule has 3 aliphatic rings. The summed E-state index contributed by atoms with van der Waals surface area (Å²) in [6, 6.07) is 88.2. The van der Waals surface area contributed by atoms with Gasteiger partial charge in [0.05, 0.1) is 5.41 Å². The molecule has 0 N–H and O–H groups in total. The first-order chi connectivity index (χ1) is 32.0. The van der Waals surface area contributed by atoms with Crippen LogP contribution in [0.15, 0.2) is 237 Å². The normalized spacial score (nSPS) is 13.9. The van der Waals surface area contributed by atoms with E-state index in [2.05, 4.69) is 255 Å². The smallest absolute Gasteiger partial charge is 0.0726 e. The van der Waals surface area contributed by atoms with Crippen LogP contribution in [0.1, 0.15) is 47.2 Å². The molecule has 65 heavy (non-hydrogen) atoms. The van der Waals surface area contributed by atoms with Gasteiger partial charge in [-0.2, -0.15) is 0 Å². The molecule has 0 saturated carbocycles. The lowest BCUT2D eigenvalue weighted by molar-refractivity contribution is 0.660. The quantitative estimate of drug-likeness (QED) is 0.161. The summed E-state index contributed by atoms with van der Waals surface area (Å²) >= 11 is 0. The summed E-state index contributed by atoms with van der Waals surface area (Å²) in [6.07, 6.45) is 0. The minimum Gasteiger partial charge on any atom is -0.310 e. The van der Waals surface area contributed by atoms with Gasteiger partial charge in [-0.25, -0.2) is 0 Å². The fourth-order valence-electron chi connectivity index (χ4n) is 11.7. The van der Waals surface area contributed by atoms with Crippen molar-refractivity contribution in [3.8, 4) is 66.8 Å². The highest BCUT2D eigenvalue weighted by atomic mass is 15.1. The first-order valence-corrected chi connectivity index (χ1v) is 22.8. The molecule has 1 heteroatoms. The van der Waals surface area contributed by atoms with E-state index in [4.69, 9.17) is 0 Å². The molecule has 0 aromatic heterocycles. The summed E-state index contributed by atoms with van der Waals surface area (Å²) in [5.74, 6) is 0. The van der Waals surface area contributed by atoms with Gasteiger partial charge >= 0.3 is 0 Å². The molecule has 0 amide bonds. The van der Waals surface area contributed by atoms with Gasteiger partial charge in [-0.3, -0.25) is 0 Å². The van der Waals surface area contributed by atoms with E-state index in [1.54, 1.807) is 0 Å². The van der Waals surface area contributed by atoms with Crippen molar-refractivity contribution in [2.45, 2.75) is 24.7 Å². The van der Waals surface area contributed by atoms with Crippen LogP contribution in [0, 0.1) is 0 Å². The standard InChI is InChI=1S/C64H45N/c1-63(2)57-23-10-6-19-51(57)55-37-35-49(40-61(55)63)65(48-33-31-45(32-34-48)47-18-14-17-46(39-47)44-29-27-43(28-30-44)42-15-4-3-5-16-42)50-36-38-56-54-22-9-13-26-60(54)64(62(56)41-50)58-24-11-7-20-52(58)53-21-8-12-25-59(53)64/h3-41H,1-2H3. The maximum atomic E-state index is 2.50. The molecule has 0 heterocycles. The number of rotatable bonds is 6. The van der Waals surface area contributed by atoms with E-state index in [1.807, 2.05) is 0 Å². The third-order valence-corrected chi connectivity index (χ3v) is 14.7. The van der Waals surface area contributed by atoms with Crippen LogP contribution in [0.25, 0.3) is 66.8 Å². The molecule has 0 unspecified atom stereocenters. The monoisotopic (exact) mass is 827 g/mol. The van der Waals surface area contributed by atoms with Crippen LogP contribution in [0.2, 0.25) is 0 Å². The van der Waals surface area contributed by atoms with Crippen LogP contribution >= 0.6 is 0 Å². The largest absolute Gasteiger partial charge is 0.310 e. The van der Waals surface area contributed by atoms with E-state index in [0.29, 0.717) is 0 Å². The second-order valence-corrected chi connectivity index (χ2v) is 18.4. The Balaban J connectivity index is 0.954. The molecule has 1 nitrogen and oxygen atoms in total. The van der Waals surface area contributed by atoms with Crippen molar-refractivity contribution < 1.29 is 0 Å². The van der Waals surface area contributed by atoms with E-state index < -0.39 is 5.41 Å². The van der Waals surface area contributed by atoms with Gasteiger partial charge in [-0.05, 0) is 143 Å². The van der Waals surface area contributed by atoms with Gasteiger partial charge in [0.15, 0.2) is 0 Å². The Bertz CT molecular complexity index is 3440. The predicted molar refractivity (Wildman–Crippen MR) is 271 cm³/mol. The van der Waals surface area contributed by atoms with Gasteiger partial charge < -0.3 is 4.90 Å². The topological polar surface area (TPSA) is 3.24 Å². The van der Waals surface area contributed by atoms with E-state index in [-0.39, 0.29) is 5.41 Å². The molecular formula is C64H45N. The number of anilines is 3. The number of hydrogen-bond donors (Lipinski definition) is 0. The maximum Gasteiger partial charge on any atom is 0.0726 e. The molecule has 1 spiro atoms. The van der Waals surface area contributed by atoms with Gasteiger partial charge in [0.25, 0.3) is 0 Å². The lowest BCUT2D eigenvalue weighted by Gasteiger charge is -2.32. The molecule has 10 aromatic carbocycles. The third kappa shape index (κ3) is 5.52. The minimum atomic E-state index is -0.431. The highest BCUT2D eigenvalue weighted by Gasteiger charge is 2.51. The van der Waals surface area contributed by atoms with Crippen molar-refractivity contribution in [2.24, 2.45) is 0 Å². The van der Waals surface area contributed by atoms with E-state index >= 15 is 0 Å². The van der Waals surface area contributed by atoms with Crippen LogP contribution < -0.4 is 4.90 Å². The van der Waals surface area contributed by atoms with Crippen molar-refractivity contribution in [1.29, 1.82) is 0 Å². The van der Waals surface area contributed by atoms with Crippen LogP contribution in [0.3, 0.4) is 0 Å². The Labute approximate surface area is 381 Å². The number of benzene rings is 10. The molecule has 0 saturated heterocycles. The first-order valence-electron chi connectivity index (χ1n) is 22.8. The average molecular weight is 828 g/mol. The zero-order chi connectivity index (χ0) is 43.3. The summed E-state index contributed by atoms with van der Waals surface area (Å²) in [5.41, 5.74) is 26.1. The summed E-state index contributed by atoms with van der Waals surface area (Å²) in [5, 5.41) is 0. The van der Waals surface area contributed by atoms with Gasteiger partial charge in [0.2, 0.25) is 0 Å². The number of hydrogen-bond acceptors (Lipinski definition) is 1. The summed E-state index contributed by atoms with van der Waals surface area (Å²) in [6.45, 7) is 4.75. The third-order valence-electron chi connectivity index (χ3n) is 14.7. The van der Waals surface area contributed by atoms with Crippen molar-refractivity contribution >= 4 is 17.1 Å². The lowest BCUT2D eigenvalue weighted by atomic mass is 9.70. The molecular weight excluding hydrogens is 783 g/mol. The predicted octanol–water partition coefficient (Wildman–Crippen LogP) is 16.8. The van der Waals surface area contributed by atoms with Crippen LogP contribution in [-0.2, 0) is 10.8 Å². The molecule has 13 rings (SSSR count). The Morgan fingerprint density at radius 3 is 1.14 bits per heavy atom. The summed E-state index contributed by atoms with van der Waals surface area (Å²) in [4.78, 5) is 2.48. The molecule has 0 radical (unpaired) electrons. The molecule has 0 fully saturated rings. The first kappa shape index (κ1) is 37.5. The fourth-order valence-corrected chi connectivity index (χ4v) is 11.7. The average Bonchev–Trinajstić information content (AvgIpc) is 3.93. The second kappa shape index (κ2) is 14.3. The molecule has 3 aliphatic carbocycles. The minimum absolute atomic E-state index is 0.134. The Morgan fingerprint density at radius 1 is 0.246 bits per heavy atom. The number of fused-ring (bicyclic) bond motifs is 13. The van der Waals surface area contributed by atoms with Crippen LogP contribution in [-0.4, -0.2) is 0 Å². The molecule has 10 aromatic rings. The van der Waals surface area contributed by atoms with E-state index in [9.17, 15) is 0 Å². The zero-order valence-electron chi connectivity index (χ0n) is 36.5. The van der Waals surface area contributed by atoms with Crippen LogP contribution in [0.4, 0.5) is 17.1 Å². The Hall–Kier alpha value is -8.00. The maximum absolute atomic E-state index is 2.50. The van der Waals surface area contributed by atoms with Crippen molar-refractivity contribution in [1.82, 2.24) is 0 Å². The van der Waals surface area contributed by atoms with Gasteiger partial charge in [0, 0.05) is 22.5 Å². The highest BCUT2D eigenvalue weighted by Crippen LogP contribution is 2.63. The van der Waals surface area contributed by atoms with Gasteiger partial charge in [-0.1, -0.05) is 208 Å². The molecule has 0 atom stereocenters.